The van der Waals surface area contributed by atoms with E-state index in [1.54, 1.807) is 42.5 Å². The van der Waals surface area contributed by atoms with Crippen molar-refractivity contribution >= 4 is 23.1 Å². The summed E-state index contributed by atoms with van der Waals surface area (Å²) in [7, 11) is 7.35. The number of methoxy groups -OCH3 is 5. The molecule has 1 aliphatic heterocycles. The molecule has 3 aromatic carbocycles. The molecule has 1 saturated heterocycles. The third kappa shape index (κ3) is 4.47. The average molecular weight is 520 g/mol. The minimum Gasteiger partial charge on any atom is -0.507 e. The number of benzene rings is 3. The van der Waals surface area contributed by atoms with Crippen molar-refractivity contribution < 1.29 is 38.4 Å². The number of carbonyl (C=O) groups is 2. The predicted molar refractivity (Wildman–Crippen MR) is 142 cm³/mol. The molecule has 1 atom stereocenters. The topological polar surface area (TPSA) is 104 Å². The molecule has 0 spiro atoms. The number of aryl methyl sites for hydroxylation is 1. The number of ketones is 1. The van der Waals surface area contributed by atoms with Gasteiger partial charge in [-0.25, -0.2) is 0 Å². The first kappa shape index (κ1) is 26.4. The predicted octanol–water partition coefficient (Wildman–Crippen LogP) is 4.66. The molecule has 4 rings (SSSR count). The molecule has 1 heterocycles. The quantitative estimate of drug-likeness (QED) is 0.260. The number of anilines is 1. The fraction of sp³-hybridized carbons (Fsp3) is 0.241. The molecular weight excluding hydrogens is 490 g/mol. The highest BCUT2D eigenvalue weighted by molar-refractivity contribution is 6.51. The van der Waals surface area contributed by atoms with E-state index in [9.17, 15) is 14.7 Å². The first-order valence-electron chi connectivity index (χ1n) is 11.7. The van der Waals surface area contributed by atoms with Crippen molar-refractivity contribution in [3.63, 3.8) is 0 Å². The first-order valence-corrected chi connectivity index (χ1v) is 11.7. The van der Waals surface area contributed by atoms with Crippen molar-refractivity contribution in [3.8, 4) is 28.7 Å². The van der Waals surface area contributed by atoms with Gasteiger partial charge < -0.3 is 28.8 Å². The number of carbonyl (C=O) groups excluding carboxylic acids is 2. The Hall–Kier alpha value is -4.66. The normalized spacial score (nSPS) is 16.4. The standard InChI is InChI=1S/C29H29NO8/c1-16-7-9-18(10-8-16)30-25(17-13-22(36-4)28(38-6)23(14-17)37-5)24(27(32)29(30)33)26(31)20-15-19(34-2)11-12-21(20)35-3/h7-15,25,31H,1-6H3/b26-24+. The van der Waals surface area contributed by atoms with Gasteiger partial charge in [-0.15, -0.1) is 0 Å². The zero-order valence-electron chi connectivity index (χ0n) is 22.0. The van der Waals surface area contributed by atoms with Crippen LogP contribution >= 0.6 is 0 Å². The SMILES string of the molecule is COc1ccc(OC)c(/C(O)=C2\C(=O)C(=O)N(c3ccc(C)cc3)C2c2cc(OC)c(OC)c(OC)c2)c1. The lowest BCUT2D eigenvalue weighted by Crippen LogP contribution is -2.29. The average Bonchev–Trinajstić information content (AvgIpc) is 3.21. The van der Waals surface area contributed by atoms with Crippen molar-refractivity contribution in [3.05, 3.63) is 76.9 Å². The van der Waals surface area contributed by atoms with Gasteiger partial charge in [-0.2, -0.15) is 0 Å². The van der Waals surface area contributed by atoms with Crippen molar-refractivity contribution in [2.45, 2.75) is 13.0 Å². The summed E-state index contributed by atoms with van der Waals surface area (Å²) in [5.74, 6) is -0.320. The molecular formula is C29H29NO8. The van der Waals surface area contributed by atoms with Gasteiger partial charge in [-0.3, -0.25) is 14.5 Å². The summed E-state index contributed by atoms with van der Waals surface area (Å²) in [4.78, 5) is 28.4. The minimum absolute atomic E-state index is 0.128. The van der Waals surface area contributed by atoms with Crippen LogP contribution in [0.4, 0.5) is 5.69 Å². The Morgan fingerprint density at radius 3 is 1.89 bits per heavy atom. The molecule has 1 N–H and O–H groups in total. The molecule has 198 valence electrons. The Kier molecular flexibility index (Phi) is 7.47. The van der Waals surface area contributed by atoms with Gasteiger partial charge in [-0.05, 0) is 55.0 Å². The molecule has 0 aliphatic carbocycles. The van der Waals surface area contributed by atoms with Crippen LogP contribution in [0.15, 0.2) is 60.2 Å². The summed E-state index contributed by atoms with van der Waals surface area (Å²) in [6, 6.07) is 14.3. The molecule has 0 aromatic heterocycles. The molecule has 9 nitrogen and oxygen atoms in total. The summed E-state index contributed by atoms with van der Waals surface area (Å²) >= 11 is 0. The second kappa shape index (κ2) is 10.8. The maximum Gasteiger partial charge on any atom is 0.300 e. The van der Waals surface area contributed by atoms with E-state index in [1.807, 2.05) is 19.1 Å². The van der Waals surface area contributed by atoms with Crippen LogP contribution in [-0.4, -0.2) is 52.3 Å². The summed E-state index contributed by atoms with van der Waals surface area (Å²) in [5, 5.41) is 11.6. The van der Waals surface area contributed by atoms with E-state index in [0.29, 0.717) is 40.0 Å². The molecule has 0 saturated carbocycles. The van der Waals surface area contributed by atoms with Gasteiger partial charge in [-0.1, -0.05) is 17.7 Å². The zero-order chi connectivity index (χ0) is 27.6. The maximum atomic E-state index is 13.6. The fourth-order valence-electron chi connectivity index (χ4n) is 4.52. The monoisotopic (exact) mass is 519 g/mol. The van der Waals surface area contributed by atoms with Gasteiger partial charge in [0.1, 0.15) is 17.3 Å². The lowest BCUT2D eigenvalue weighted by atomic mass is 9.94. The molecule has 38 heavy (non-hydrogen) atoms. The molecule has 0 bridgehead atoms. The lowest BCUT2D eigenvalue weighted by Gasteiger charge is -2.27. The van der Waals surface area contributed by atoms with Crippen LogP contribution in [0.5, 0.6) is 28.7 Å². The Morgan fingerprint density at radius 1 is 0.763 bits per heavy atom. The number of amides is 1. The third-order valence-corrected chi connectivity index (χ3v) is 6.42. The highest BCUT2D eigenvalue weighted by Crippen LogP contribution is 2.47. The summed E-state index contributed by atoms with van der Waals surface area (Å²) < 4.78 is 27.3. The highest BCUT2D eigenvalue weighted by Gasteiger charge is 2.47. The third-order valence-electron chi connectivity index (χ3n) is 6.42. The Balaban J connectivity index is 2.05. The van der Waals surface area contributed by atoms with E-state index >= 15 is 0 Å². The van der Waals surface area contributed by atoms with E-state index < -0.39 is 23.5 Å². The van der Waals surface area contributed by atoms with E-state index in [1.165, 1.54) is 40.4 Å². The van der Waals surface area contributed by atoms with Crippen LogP contribution in [0, 0.1) is 6.92 Å². The summed E-state index contributed by atoms with van der Waals surface area (Å²) in [5.41, 5.74) is 1.99. The number of hydrogen-bond donors (Lipinski definition) is 1. The number of Topliss-reactive ketones (excluding diaryl/α,β-unsaturated/α-hetero) is 1. The van der Waals surface area contributed by atoms with Crippen LogP contribution in [0.2, 0.25) is 0 Å². The Labute approximate surface area is 220 Å². The maximum absolute atomic E-state index is 13.6. The van der Waals surface area contributed by atoms with Crippen LogP contribution < -0.4 is 28.6 Å². The van der Waals surface area contributed by atoms with Crippen LogP contribution in [-0.2, 0) is 9.59 Å². The summed E-state index contributed by atoms with van der Waals surface area (Å²) in [6.45, 7) is 1.92. The zero-order valence-corrected chi connectivity index (χ0v) is 22.0. The van der Waals surface area contributed by atoms with Crippen LogP contribution in [0.3, 0.4) is 0 Å². The Morgan fingerprint density at radius 2 is 1.37 bits per heavy atom. The van der Waals surface area contributed by atoms with Crippen molar-refractivity contribution in [2.75, 3.05) is 40.4 Å². The number of nitrogens with zero attached hydrogens (tertiary/aromatic N) is 1. The van der Waals surface area contributed by atoms with Gasteiger partial charge in [0.05, 0.1) is 52.7 Å². The van der Waals surface area contributed by atoms with Crippen LogP contribution in [0.25, 0.3) is 5.76 Å². The first-order chi connectivity index (χ1) is 18.3. The van der Waals surface area contributed by atoms with Gasteiger partial charge >= 0.3 is 0 Å². The largest absolute Gasteiger partial charge is 0.507 e. The minimum atomic E-state index is -1.03. The molecule has 1 aliphatic rings. The van der Waals surface area contributed by atoms with Crippen molar-refractivity contribution in [1.82, 2.24) is 0 Å². The molecule has 0 radical (unpaired) electrons. The number of hydrogen-bond acceptors (Lipinski definition) is 8. The molecule has 3 aromatic rings. The van der Waals surface area contributed by atoms with Crippen LogP contribution in [0.1, 0.15) is 22.7 Å². The second-order valence-electron chi connectivity index (χ2n) is 8.53. The second-order valence-corrected chi connectivity index (χ2v) is 8.53. The number of aliphatic hydroxyl groups is 1. The van der Waals surface area contributed by atoms with E-state index in [0.717, 1.165) is 5.56 Å². The van der Waals surface area contributed by atoms with Crippen molar-refractivity contribution in [2.24, 2.45) is 0 Å². The van der Waals surface area contributed by atoms with Gasteiger partial charge in [0.25, 0.3) is 11.7 Å². The molecule has 1 amide bonds. The summed E-state index contributed by atoms with van der Waals surface area (Å²) in [6.07, 6.45) is 0. The molecule has 1 fully saturated rings. The lowest BCUT2D eigenvalue weighted by molar-refractivity contribution is -0.132. The van der Waals surface area contributed by atoms with Crippen molar-refractivity contribution in [1.29, 1.82) is 0 Å². The van der Waals surface area contributed by atoms with Gasteiger partial charge in [0.15, 0.2) is 11.5 Å². The fourth-order valence-corrected chi connectivity index (χ4v) is 4.52. The molecule has 1 unspecified atom stereocenters. The smallest absolute Gasteiger partial charge is 0.300 e. The highest BCUT2D eigenvalue weighted by atomic mass is 16.5. The number of aliphatic hydroxyl groups excluding tert-OH is 1. The molecule has 9 heteroatoms. The van der Waals surface area contributed by atoms with Gasteiger partial charge in [0.2, 0.25) is 5.75 Å². The van der Waals surface area contributed by atoms with Gasteiger partial charge in [0, 0.05) is 5.69 Å². The Bertz CT molecular complexity index is 1390. The number of rotatable bonds is 8. The van der Waals surface area contributed by atoms with E-state index in [2.05, 4.69) is 0 Å². The van der Waals surface area contributed by atoms with E-state index in [4.69, 9.17) is 23.7 Å². The van der Waals surface area contributed by atoms with E-state index in [-0.39, 0.29) is 11.1 Å². The number of ether oxygens (including phenoxy) is 5.